The number of rotatable bonds is 8. The molecule has 0 heterocycles. The summed E-state index contributed by atoms with van der Waals surface area (Å²) in [6, 6.07) is 0. The zero-order valence-corrected chi connectivity index (χ0v) is 7.97. The highest BCUT2D eigenvalue weighted by molar-refractivity contribution is 4.52. The summed E-state index contributed by atoms with van der Waals surface area (Å²) in [6.45, 7) is 2.96. The maximum atomic E-state index is 11.5. The predicted octanol–water partition coefficient (Wildman–Crippen LogP) is 1.78. The van der Waals surface area contributed by atoms with Gasteiger partial charge in [0.15, 0.2) is 0 Å². The average Bonchev–Trinajstić information content (AvgIpc) is 2.08. The fourth-order valence-electron chi connectivity index (χ4n) is 0.595. The van der Waals surface area contributed by atoms with Crippen LogP contribution in [0.25, 0.3) is 0 Å². The summed E-state index contributed by atoms with van der Waals surface area (Å²) in [7, 11) is 0. The van der Waals surface area contributed by atoms with Crippen LogP contribution in [0.3, 0.4) is 0 Å². The third kappa shape index (κ3) is 11.7. The smallest absolute Gasteiger partial charge is 0.379 e. The van der Waals surface area contributed by atoms with E-state index in [1.165, 1.54) is 0 Å². The van der Waals surface area contributed by atoms with Crippen molar-refractivity contribution in [3.05, 3.63) is 6.61 Å². The Labute approximate surface area is 81.1 Å². The molecule has 0 atom stereocenters. The first-order valence-corrected chi connectivity index (χ1v) is 4.21. The van der Waals surface area contributed by atoms with Crippen LogP contribution in [0, 0.1) is 6.61 Å². The Morgan fingerprint density at radius 3 is 2.36 bits per heavy atom. The molecule has 0 saturated heterocycles. The minimum atomic E-state index is -4.29. The summed E-state index contributed by atoms with van der Waals surface area (Å²) < 4.78 is 48.6. The number of alkyl halides is 3. The molecule has 3 nitrogen and oxygen atoms in total. The standard InChI is InChI=1S/C8H14F3O3/c1-2-12-3-4-13-5-6-14-7-8(9,10)11/h6H,2-5,7H2,1H3. The van der Waals surface area contributed by atoms with Gasteiger partial charge in [-0.2, -0.15) is 13.2 Å². The van der Waals surface area contributed by atoms with Gasteiger partial charge in [0.2, 0.25) is 0 Å². The Morgan fingerprint density at radius 2 is 1.79 bits per heavy atom. The highest BCUT2D eigenvalue weighted by Crippen LogP contribution is 2.14. The van der Waals surface area contributed by atoms with Crippen LogP contribution in [0.5, 0.6) is 0 Å². The van der Waals surface area contributed by atoms with Gasteiger partial charge in [0.25, 0.3) is 0 Å². The van der Waals surface area contributed by atoms with Crippen LogP contribution in [0.1, 0.15) is 6.92 Å². The number of hydrogen-bond acceptors (Lipinski definition) is 3. The lowest BCUT2D eigenvalue weighted by Crippen LogP contribution is -2.17. The lowest BCUT2D eigenvalue weighted by molar-refractivity contribution is -0.168. The Balaban J connectivity index is 2.99. The summed E-state index contributed by atoms with van der Waals surface area (Å²) >= 11 is 0. The van der Waals surface area contributed by atoms with E-state index >= 15 is 0 Å². The predicted molar refractivity (Wildman–Crippen MR) is 43.6 cm³/mol. The van der Waals surface area contributed by atoms with Crippen molar-refractivity contribution in [2.24, 2.45) is 0 Å². The molecule has 0 aromatic rings. The average molecular weight is 215 g/mol. The van der Waals surface area contributed by atoms with Crippen molar-refractivity contribution in [2.45, 2.75) is 13.1 Å². The van der Waals surface area contributed by atoms with Crippen molar-refractivity contribution in [1.29, 1.82) is 0 Å². The second-order valence-electron chi connectivity index (χ2n) is 2.36. The van der Waals surface area contributed by atoms with E-state index in [0.717, 1.165) is 6.61 Å². The van der Waals surface area contributed by atoms with Crippen molar-refractivity contribution in [3.8, 4) is 0 Å². The van der Waals surface area contributed by atoms with E-state index in [-0.39, 0.29) is 6.61 Å². The Morgan fingerprint density at radius 1 is 1.14 bits per heavy atom. The van der Waals surface area contributed by atoms with Crippen molar-refractivity contribution >= 4 is 0 Å². The molecule has 0 aliphatic rings. The molecule has 0 aromatic carbocycles. The van der Waals surface area contributed by atoms with E-state index in [2.05, 4.69) is 4.74 Å². The molecule has 0 aliphatic heterocycles. The van der Waals surface area contributed by atoms with Gasteiger partial charge in [-0.3, -0.25) is 0 Å². The van der Waals surface area contributed by atoms with Crippen molar-refractivity contribution in [1.82, 2.24) is 0 Å². The Bertz CT molecular complexity index is 127. The van der Waals surface area contributed by atoms with Crippen molar-refractivity contribution in [3.63, 3.8) is 0 Å². The molecule has 0 bridgehead atoms. The molecular formula is C8H14F3O3. The van der Waals surface area contributed by atoms with Crippen LogP contribution < -0.4 is 0 Å². The van der Waals surface area contributed by atoms with Gasteiger partial charge >= 0.3 is 6.18 Å². The molecule has 0 N–H and O–H groups in total. The van der Waals surface area contributed by atoms with Crippen LogP contribution in [-0.2, 0) is 14.2 Å². The highest BCUT2D eigenvalue weighted by atomic mass is 19.4. The molecule has 0 aromatic heterocycles. The second-order valence-corrected chi connectivity index (χ2v) is 2.36. The quantitative estimate of drug-likeness (QED) is 0.577. The zero-order chi connectivity index (χ0) is 10.9. The second kappa shape index (κ2) is 8.02. The van der Waals surface area contributed by atoms with Gasteiger partial charge in [-0.05, 0) is 6.92 Å². The molecule has 6 heteroatoms. The van der Waals surface area contributed by atoms with Crippen molar-refractivity contribution in [2.75, 3.05) is 33.0 Å². The Hall–Kier alpha value is -0.330. The Kier molecular flexibility index (Phi) is 7.83. The molecule has 0 fully saturated rings. The summed E-state index contributed by atoms with van der Waals surface area (Å²) in [5, 5.41) is 0. The maximum Gasteiger partial charge on any atom is 0.411 e. The number of halogens is 3. The van der Waals surface area contributed by atoms with Crippen LogP contribution in [0.15, 0.2) is 0 Å². The monoisotopic (exact) mass is 215 g/mol. The first kappa shape index (κ1) is 13.7. The molecule has 0 unspecified atom stereocenters. The summed E-state index contributed by atoms with van der Waals surface area (Å²) in [4.78, 5) is 0. The fourth-order valence-corrected chi connectivity index (χ4v) is 0.595. The van der Waals surface area contributed by atoms with Gasteiger partial charge in [0.05, 0.1) is 19.8 Å². The molecule has 1 radical (unpaired) electrons. The SMILES string of the molecule is CCOCCOC[CH]OCC(F)(F)F. The zero-order valence-electron chi connectivity index (χ0n) is 7.97. The molecule has 85 valence electrons. The van der Waals surface area contributed by atoms with Crippen LogP contribution in [0.4, 0.5) is 13.2 Å². The molecule has 0 saturated carbocycles. The van der Waals surface area contributed by atoms with E-state index in [4.69, 9.17) is 9.47 Å². The van der Waals surface area contributed by atoms with Crippen LogP contribution >= 0.6 is 0 Å². The molecule has 14 heavy (non-hydrogen) atoms. The van der Waals surface area contributed by atoms with E-state index in [1.807, 2.05) is 6.92 Å². The highest BCUT2D eigenvalue weighted by Gasteiger charge is 2.27. The first-order valence-electron chi connectivity index (χ1n) is 4.21. The topological polar surface area (TPSA) is 27.7 Å². The molecule has 0 rings (SSSR count). The van der Waals surface area contributed by atoms with Gasteiger partial charge in [0, 0.05) is 6.61 Å². The van der Waals surface area contributed by atoms with Crippen molar-refractivity contribution < 1.29 is 27.4 Å². The first-order chi connectivity index (χ1) is 6.56. The lowest BCUT2D eigenvalue weighted by atomic mass is 10.7. The minimum absolute atomic E-state index is 0.0309. The molecule has 0 amide bonds. The third-order valence-electron chi connectivity index (χ3n) is 1.13. The number of ether oxygens (including phenoxy) is 3. The number of hydrogen-bond donors (Lipinski definition) is 0. The van der Waals surface area contributed by atoms with Crippen LogP contribution in [-0.4, -0.2) is 39.2 Å². The van der Waals surface area contributed by atoms with Gasteiger partial charge in [-0.1, -0.05) is 0 Å². The molecule has 0 spiro atoms. The maximum absolute atomic E-state index is 11.5. The minimum Gasteiger partial charge on any atom is -0.379 e. The van der Waals surface area contributed by atoms with E-state index in [0.29, 0.717) is 19.8 Å². The van der Waals surface area contributed by atoms with E-state index < -0.39 is 12.8 Å². The molecular weight excluding hydrogens is 201 g/mol. The summed E-state index contributed by atoms with van der Waals surface area (Å²) in [6.07, 6.45) is -4.29. The fraction of sp³-hybridized carbons (Fsp3) is 0.875. The normalized spacial score (nSPS) is 12.0. The van der Waals surface area contributed by atoms with Gasteiger partial charge in [0.1, 0.15) is 13.2 Å². The summed E-state index contributed by atoms with van der Waals surface area (Å²) in [5.74, 6) is 0. The lowest BCUT2D eigenvalue weighted by Gasteiger charge is -2.07. The van der Waals surface area contributed by atoms with Gasteiger partial charge in [-0.25, -0.2) is 0 Å². The van der Waals surface area contributed by atoms with E-state index in [9.17, 15) is 13.2 Å². The largest absolute Gasteiger partial charge is 0.411 e. The van der Waals surface area contributed by atoms with Crippen LogP contribution in [0.2, 0.25) is 0 Å². The van der Waals surface area contributed by atoms with E-state index in [1.54, 1.807) is 0 Å². The summed E-state index contributed by atoms with van der Waals surface area (Å²) in [5.41, 5.74) is 0. The van der Waals surface area contributed by atoms with Gasteiger partial charge < -0.3 is 14.2 Å². The third-order valence-corrected chi connectivity index (χ3v) is 1.13. The molecule has 0 aliphatic carbocycles. The van der Waals surface area contributed by atoms with Gasteiger partial charge in [-0.15, -0.1) is 0 Å².